The lowest BCUT2D eigenvalue weighted by molar-refractivity contribution is 0.604. The van der Waals surface area contributed by atoms with Crippen molar-refractivity contribution in [3.8, 4) is 10.4 Å². The Labute approximate surface area is 158 Å². The zero-order chi connectivity index (χ0) is 19.4. The number of nitrogens with zero attached hydrogens (tertiary/aromatic N) is 4. The molecule has 2 N–H and O–H groups in total. The maximum absolute atomic E-state index is 12.7. The third kappa shape index (κ3) is 3.99. The van der Waals surface area contributed by atoms with Crippen LogP contribution in [0.4, 0.5) is 4.39 Å². The molecule has 0 saturated carbocycles. The molecule has 0 aromatic carbocycles. The molecular weight excluding hydrogens is 369 g/mol. The molecule has 0 saturated heterocycles. The van der Waals surface area contributed by atoms with E-state index >= 15 is 0 Å². The third-order valence-corrected chi connectivity index (χ3v) is 5.28. The summed E-state index contributed by atoms with van der Waals surface area (Å²) in [7, 11) is 0. The predicted octanol–water partition coefficient (Wildman–Crippen LogP) is 1.82. The van der Waals surface area contributed by atoms with Gasteiger partial charge < -0.3 is 10.3 Å². The first kappa shape index (κ1) is 19.0. The van der Waals surface area contributed by atoms with Gasteiger partial charge in [-0.05, 0) is 36.8 Å². The molecule has 0 amide bonds. The van der Waals surface area contributed by atoms with Crippen molar-refractivity contribution in [3.05, 3.63) is 74.4 Å². The van der Waals surface area contributed by atoms with Gasteiger partial charge in [-0.3, -0.25) is 9.36 Å². The quantitative estimate of drug-likeness (QED) is 0.668. The maximum atomic E-state index is 12.7. The first-order valence-electron chi connectivity index (χ1n) is 8.46. The molecule has 0 aliphatic carbocycles. The van der Waals surface area contributed by atoms with Crippen LogP contribution in [0.5, 0.6) is 0 Å². The molecule has 0 fully saturated rings. The highest BCUT2D eigenvalue weighted by Crippen LogP contribution is 2.26. The van der Waals surface area contributed by atoms with Crippen molar-refractivity contribution in [2.75, 3.05) is 6.54 Å². The van der Waals surface area contributed by atoms with Gasteiger partial charge in [-0.15, -0.1) is 11.3 Å². The van der Waals surface area contributed by atoms with Crippen molar-refractivity contribution in [1.82, 2.24) is 18.9 Å². The third-order valence-electron chi connectivity index (χ3n) is 4.18. The standard InChI is InChI=1S/C18H20FN5O2S/c1-2-22-7-3-4-15(17(22)25)16-6-5-14(27-16)11-23-12-21-24(18(23)26)10-13(8-19)9-20/h3-8,12H,2,9-11,20H2,1H3/b13-8+. The van der Waals surface area contributed by atoms with E-state index in [0.717, 1.165) is 9.75 Å². The topological polar surface area (TPSA) is 87.8 Å². The van der Waals surface area contributed by atoms with Gasteiger partial charge in [-0.2, -0.15) is 5.10 Å². The van der Waals surface area contributed by atoms with Gasteiger partial charge in [0.05, 0.1) is 25.0 Å². The highest BCUT2D eigenvalue weighted by Gasteiger charge is 2.11. The van der Waals surface area contributed by atoms with Crippen molar-refractivity contribution in [1.29, 1.82) is 0 Å². The summed E-state index contributed by atoms with van der Waals surface area (Å²) in [6.07, 6.45) is 3.58. The van der Waals surface area contributed by atoms with Gasteiger partial charge in [0.25, 0.3) is 5.56 Å². The number of nitrogens with two attached hydrogens (primary N) is 1. The molecule has 0 atom stereocenters. The molecule has 0 spiro atoms. The summed E-state index contributed by atoms with van der Waals surface area (Å²) < 4.78 is 16.9. The van der Waals surface area contributed by atoms with Crippen LogP contribution in [0.15, 0.2) is 58.3 Å². The lowest BCUT2D eigenvalue weighted by Crippen LogP contribution is -2.26. The van der Waals surface area contributed by atoms with Crippen molar-refractivity contribution in [2.45, 2.75) is 26.6 Å². The van der Waals surface area contributed by atoms with Crippen LogP contribution in [0, 0.1) is 0 Å². The second kappa shape index (κ2) is 8.28. The minimum absolute atomic E-state index is 0.0229. The smallest absolute Gasteiger partial charge is 0.327 e. The molecule has 0 aliphatic rings. The molecule has 0 unspecified atom stereocenters. The van der Waals surface area contributed by atoms with Crippen molar-refractivity contribution >= 4 is 11.3 Å². The molecule has 142 valence electrons. The van der Waals surface area contributed by atoms with E-state index in [2.05, 4.69) is 5.10 Å². The monoisotopic (exact) mass is 389 g/mol. The fourth-order valence-electron chi connectivity index (χ4n) is 2.67. The van der Waals surface area contributed by atoms with Crippen molar-refractivity contribution in [3.63, 3.8) is 0 Å². The minimum atomic E-state index is -0.342. The molecular formula is C18H20FN5O2S. The minimum Gasteiger partial charge on any atom is -0.327 e. The van der Waals surface area contributed by atoms with Crippen LogP contribution in [0.25, 0.3) is 10.4 Å². The largest absolute Gasteiger partial charge is 0.346 e. The summed E-state index contributed by atoms with van der Waals surface area (Å²) in [6.45, 7) is 2.90. The van der Waals surface area contributed by atoms with Crippen LogP contribution >= 0.6 is 11.3 Å². The van der Waals surface area contributed by atoms with E-state index in [1.807, 2.05) is 25.1 Å². The van der Waals surface area contributed by atoms with E-state index in [0.29, 0.717) is 25.0 Å². The highest BCUT2D eigenvalue weighted by molar-refractivity contribution is 7.15. The number of halogens is 1. The molecule has 0 radical (unpaired) electrons. The second-order valence-corrected chi connectivity index (χ2v) is 7.12. The Balaban J connectivity index is 1.82. The van der Waals surface area contributed by atoms with Gasteiger partial charge in [-0.1, -0.05) is 0 Å². The lowest BCUT2D eigenvalue weighted by atomic mass is 10.2. The van der Waals surface area contributed by atoms with E-state index in [9.17, 15) is 14.0 Å². The van der Waals surface area contributed by atoms with Crippen molar-refractivity contribution < 1.29 is 4.39 Å². The average molecular weight is 389 g/mol. The normalized spacial score (nSPS) is 11.9. The first-order valence-corrected chi connectivity index (χ1v) is 9.28. The predicted molar refractivity (Wildman–Crippen MR) is 104 cm³/mol. The Morgan fingerprint density at radius 2 is 2.11 bits per heavy atom. The molecule has 0 bridgehead atoms. The molecule has 3 aromatic heterocycles. The second-order valence-electron chi connectivity index (χ2n) is 5.95. The summed E-state index contributed by atoms with van der Waals surface area (Å²) in [6, 6.07) is 7.41. The first-order chi connectivity index (χ1) is 13.1. The maximum Gasteiger partial charge on any atom is 0.346 e. The Kier molecular flexibility index (Phi) is 5.82. The van der Waals surface area contributed by atoms with Crippen molar-refractivity contribution in [2.24, 2.45) is 5.73 Å². The summed E-state index contributed by atoms with van der Waals surface area (Å²) in [5, 5.41) is 4.00. The van der Waals surface area contributed by atoms with E-state index in [4.69, 9.17) is 5.73 Å². The van der Waals surface area contributed by atoms with Gasteiger partial charge >= 0.3 is 5.69 Å². The van der Waals surface area contributed by atoms with Crippen LogP contribution in [-0.4, -0.2) is 25.5 Å². The van der Waals surface area contributed by atoms with Crippen LogP contribution in [-0.2, 0) is 19.6 Å². The number of aryl methyl sites for hydroxylation is 1. The molecule has 7 nitrogen and oxygen atoms in total. The molecule has 9 heteroatoms. The fraction of sp³-hybridized carbons (Fsp3) is 0.278. The van der Waals surface area contributed by atoms with Gasteiger partial charge in [0, 0.05) is 29.0 Å². The van der Waals surface area contributed by atoms with E-state index < -0.39 is 0 Å². The van der Waals surface area contributed by atoms with Crippen LogP contribution < -0.4 is 17.0 Å². The molecule has 3 heterocycles. The Morgan fingerprint density at radius 1 is 1.30 bits per heavy atom. The summed E-state index contributed by atoms with van der Waals surface area (Å²) in [5.41, 5.74) is 5.97. The molecule has 3 aromatic rings. The highest BCUT2D eigenvalue weighted by atomic mass is 32.1. The molecule has 27 heavy (non-hydrogen) atoms. The zero-order valence-electron chi connectivity index (χ0n) is 14.8. The summed E-state index contributed by atoms with van der Waals surface area (Å²) in [4.78, 5) is 26.6. The zero-order valence-corrected chi connectivity index (χ0v) is 15.7. The Morgan fingerprint density at radius 3 is 2.81 bits per heavy atom. The lowest BCUT2D eigenvalue weighted by Gasteiger charge is -2.03. The molecule has 3 rings (SSSR count). The number of hydrogen-bond donors (Lipinski definition) is 1. The van der Waals surface area contributed by atoms with Crippen LogP contribution in [0.2, 0.25) is 0 Å². The fourth-order valence-corrected chi connectivity index (χ4v) is 3.70. The number of pyridine rings is 1. The van der Waals surface area contributed by atoms with Gasteiger partial charge in [-0.25, -0.2) is 13.9 Å². The Hall–Kier alpha value is -2.78. The van der Waals surface area contributed by atoms with Crippen LogP contribution in [0.3, 0.4) is 0 Å². The SMILES string of the molecule is CCn1cccc(-c2ccc(Cn3cnn(C/C(=C/F)CN)c3=O)s2)c1=O. The Bertz CT molecular complexity index is 1080. The summed E-state index contributed by atoms with van der Waals surface area (Å²) in [5.74, 6) is 0. The van der Waals surface area contributed by atoms with Crippen LogP contribution in [0.1, 0.15) is 11.8 Å². The summed E-state index contributed by atoms with van der Waals surface area (Å²) >= 11 is 1.45. The van der Waals surface area contributed by atoms with Gasteiger partial charge in [0.2, 0.25) is 0 Å². The van der Waals surface area contributed by atoms with E-state index in [1.54, 1.807) is 16.8 Å². The molecule has 0 aliphatic heterocycles. The average Bonchev–Trinajstić information content (AvgIpc) is 3.28. The number of aromatic nitrogens is 4. The van der Waals surface area contributed by atoms with E-state index in [-0.39, 0.29) is 29.9 Å². The van der Waals surface area contributed by atoms with Gasteiger partial charge in [0.15, 0.2) is 0 Å². The number of hydrogen-bond acceptors (Lipinski definition) is 5. The van der Waals surface area contributed by atoms with E-state index in [1.165, 1.54) is 26.9 Å². The van der Waals surface area contributed by atoms with Gasteiger partial charge in [0.1, 0.15) is 6.33 Å². The number of rotatable bonds is 7. The number of thiophene rings is 1.